The minimum absolute atomic E-state index is 1.11. The molecule has 0 aliphatic rings. The van der Waals surface area contributed by atoms with Gasteiger partial charge in [-0.2, -0.15) is 0 Å². The number of anilines is 3. The van der Waals surface area contributed by atoms with Crippen molar-refractivity contribution in [3.8, 4) is 33.4 Å². The van der Waals surface area contributed by atoms with Crippen LogP contribution in [0.25, 0.3) is 64.3 Å². The van der Waals surface area contributed by atoms with E-state index >= 15 is 0 Å². The molecule has 2 heterocycles. The Labute approximate surface area is 283 Å². The van der Waals surface area contributed by atoms with E-state index in [9.17, 15) is 0 Å². The summed E-state index contributed by atoms with van der Waals surface area (Å²) in [4.78, 5) is 6.66. The van der Waals surface area contributed by atoms with Crippen LogP contribution in [0.5, 0.6) is 0 Å². The van der Waals surface area contributed by atoms with Crippen LogP contribution in [-0.2, 0) is 0 Å². The van der Waals surface area contributed by atoms with E-state index < -0.39 is 0 Å². The fourth-order valence-electron chi connectivity index (χ4n) is 6.67. The van der Waals surface area contributed by atoms with Crippen molar-refractivity contribution in [2.75, 3.05) is 4.90 Å². The molecule has 2 aromatic heterocycles. The number of fused-ring (bicyclic) bond motifs is 4. The van der Waals surface area contributed by atoms with E-state index in [4.69, 9.17) is 0 Å². The first-order valence-electron chi connectivity index (χ1n) is 16.2. The number of hydrogen-bond donors (Lipinski definition) is 0. The Morgan fingerprint density at radius 2 is 0.875 bits per heavy atom. The van der Waals surface area contributed by atoms with Gasteiger partial charge in [-0.05, 0) is 98.8 Å². The minimum atomic E-state index is 1.11. The SMILES string of the molecule is c1ccc(-c2ccc(N(c3ccc(-c4ccc5ccccc5c4)cc3)c3ccc(-c4ccc5c(c4)sc4cnccc45)cc3)cc2)cc1. The van der Waals surface area contributed by atoms with Crippen LogP contribution in [0.4, 0.5) is 17.1 Å². The van der Waals surface area contributed by atoms with Crippen molar-refractivity contribution < 1.29 is 0 Å². The van der Waals surface area contributed by atoms with Gasteiger partial charge < -0.3 is 4.90 Å². The fraction of sp³-hybridized carbons (Fsp3) is 0. The quantitative estimate of drug-likeness (QED) is 0.182. The van der Waals surface area contributed by atoms with Crippen LogP contribution < -0.4 is 4.90 Å². The first-order chi connectivity index (χ1) is 23.8. The summed E-state index contributed by atoms with van der Waals surface area (Å²) < 4.78 is 2.51. The van der Waals surface area contributed by atoms with E-state index in [1.54, 1.807) is 11.3 Å². The van der Waals surface area contributed by atoms with E-state index in [1.165, 1.54) is 64.3 Å². The van der Waals surface area contributed by atoms with Crippen LogP contribution in [0.15, 0.2) is 182 Å². The molecule has 0 radical (unpaired) electrons. The number of nitrogens with zero attached hydrogens (tertiary/aromatic N) is 2. The molecule has 3 heteroatoms. The van der Waals surface area contributed by atoms with Gasteiger partial charge in [-0.25, -0.2) is 0 Å². The summed E-state index contributed by atoms with van der Waals surface area (Å²) in [7, 11) is 0. The highest BCUT2D eigenvalue weighted by molar-refractivity contribution is 7.25. The molecule has 9 rings (SSSR count). The molecule has 9 aromatic rings. The van der Waals surface area contributed by atoms with Gasteiger partial charge in [0, 0.05) is 44.9 Å². The number of thiophene rings is 1. The second-order valence-electron chi connectivity index (χ2n) is 12.1. The van der Waals surface area contributed by atoms with Gasteiger partial charge >= 0.3 is 0 Å². The van der Waals surface area contributed by atoms with Gasteiger partial charge in [-0.1, -0.05) is 115 Å². The minimum Gasteiger partial charge on any atom is -0.311 e. The van der Waals surface area contributed by atoms with Crippen LogP contribution in [0.1, 0.15) is 0 Å². The molecule has 0 atom stereocenters. The van der Waals surface area contributed by atoms with Gasteiger partial charge in [0.05, 0.1) is 4.70 Å². The Morgan fingerprint density at radius 1 is 0.375 bits per heavy atom. The summed E-state index contributed by atoms with van der Waals surface area (Å²) >= 11 is 1.80. The Hall–Kier alpha value is -6.03. The monoisotopic (exact) mass is 630 g/mol. The number of benzene rings is 7. The van der Waals surface area contributed by atoms with Crippen molar-refractivity contribution in [2.24, 2.45) is 0 Å². The van der Waals surface area contributed by atoms with Crippen molar-refractivity contribution in [1.82, 2.24) is 4.98 Å². The second-order valence-corrected chi connectivity index (χ2v) is 13.2. The first kappa shape index (κ1) is 28.2. The second kappa shape index (κ2) is 12.0. The molecule has 0 spiro atoms. The molecule has 0 N–H and O–H groups in total. The molecular formula is C45H30N2S. The van der Waals surface area contributed by atoms with Crippen LogP contribution in [-0.4, -0.2) is 4.98 Å². The maximum absolute atomic E-state index is 4.32. The summed E-state index contributed by atoms with van der Waals surface area (Å²) in [5.74, 6) is 0. The van der Waals surface area contributed by atoms with E-state index in [2.05, 4.69) is 180 Å². The molecule has 0 amide bonds. The summed E-state index contributed by atoms with van der Waals surface area (Å²) in [6, 6.07) is 61.4. The summed E-state index contributed by atoms with van der Waals surface area (Å²) in [6.07, 6.45) is 3.84. The molecular weight excluding hydrogens is 601 g/mol. The van der Waals surface area contributed by atoms with Gasteiger partial charge in [0.15, 0.2) is 0 Å². The smallest absolute Gasteiger partial charge is 0.0538 e. The molecule has 0 aliphatic carbocycles. The Kier molecular flexibility index (Phi) is 7.03. The van der Waals surface area contributed by atoms with E-state index in [0.717, 1.165) is 17.1 Å². The molecule has 0 fully saturated rings. The average Bonchev–Trinajstić information content (AvgIpc) is 3.54. The standard InChI is InChI=1S/C45H30N2S/c1-2-6-31(7-3-1)33-12-19-39(20-13-33)47(40-21-14-34(15-22-40)37-11-10-32-8-4-5-9-36(32)28-37)41-23-16-35(17-24-41)38-18-25-42-43-26-27-46-30-45(43)48-44(42)29-38/h1-30H. The van der Waals surface area contributed by atoms with Crippen molar-refractivity contribution in [3.63, 3.8) is 0 Å². The topological polar surface area (TPSA) is 16.1 Å². The Morgan fingerprint density at radius 3 is 1.54 bits per heavy atom. The van der Waals surface area contributed by atoms with Gasteiger partial charge in [0.1, 0.15) is 0 Å². The summed E-state index contributed by atoms with van der Waals surface area (Å²) in [6.45, 7) is 0. The van der Waals surface area contributed by atoms with E-state index in [0.29, 0.717) is 0 Å². The maximum Gasteiger partial charge on any atom is 0.0538 e. The van der Waals surface area contributed by atoms with Crippen LogP contribution in [0.2, 0.25) is 0 Å². The number of hydrogen-bond acceptors (Lipinski definition) is 3. The van der Waals surface area contributed by atoms with Gasteiger partial charge in [-0.3, -0.25) is 4.98 Å². The van der Waals surface area contributed by atoms with Crippen LogP contribution in [0.3, 0.4) is 0 Å². The molecule has 226 valence electrons. The lowest BCUT2D eigenvalue weighted by atomic mass is 10.0. The molecule has 2 nitrogen and oxygen atoms in total. The third kappa shape index (κ3) is 5.21. The zero-order valence-electron chi connectivity index (χ0n) is 26.1. The van der Waals surface area contributed by atoms with Crippen molar-refractivity contribution in [3.05, 3.63) is 182 Å². The fourth-order valence-corrected chi connectivity index (χ4v) is 7.78. The summed E-state index contributed by atoms with van der Waals surface area (Å²) in [5, 5.41) is 5.07. The molecule has 0 saturated heterocycles. The summed E-state index contributed by atoms with van der Waals surface area (Å²) in [5.41, 5.74) is 10.6. The Bertz CT molecular complexity index is 2530. The van der Waals surface area contributed by atoms with Gasteiger partial charge in [0.2, 0.25) is 0 Å². The lowest BCUT2D eigenvalue weighted by molar-refractivity contribution is 1.28. The third-order valence-corrected chi connectivity index (χ3v) is 10.3. The lowest BCUT2D eigenvalue weighted by Crippen LogP contribution is -2.09. The number of aromatic nitrogens is 1. The lowest BCUT2D eigenvalue weighted by Gasteiger charge is -2.26. The maximum atomic E-state index is 4.32. The number of pyridine rings is 1. The van der Waals surface area contributed by atoms with Crippen molar-refractivity contribution in [1.29, 1.82) is 0 Å². The highest BCUT2D eigenvalue weighted by Crippen LogP contribution is 2.39. The molecule has 0 saturated carbocycles. The largest absolute Gasteiger partial charge is 0.311 e. The number of rotatable bonds is 6. The third-order valence-electron chi connectivity index (χ3n) is 9.18. The van der Waals surface area contributed by atoms with Crippen molar-refractivity contribution >= 4 is 59.3 Å². The molecule has 7 aromatic carbocycles. The van der Waals surface area contributed by atoms with Crippen molar-refractivity contribution in [2.45, 2.75) is 0 Å². The van der Waals surface area contributed by atoms with E-state index in [1.807, 2.05) is 12.4 Å². The van der Waals surface area contributed by atoms with E-state index in [-0.39, 0.29) is 0 Å². The highest BCUT2D eigenvalue weighted by atomic mass is 32.1. The predicted molar refractivity (Wildman–Crippen MR) is 206 cm³/mol. The first-order valence-corrected chi connectivity index (χ1v) is 17.0. The molecule has 48 heavy (non-hydrogen) atoms. The van der Waals surface area contributed by atoms with Gasteiger partial charge in [0.25, 0.3) is 0 Å². The zero-order valence-corrected chi connectivity index (χ0v) is 26.9. The van der Waals surface area contributed by atoms with Gasteiger partial charge in [-0.15, -0.1) is 11.3 Å². The van der Waals surface area contributed by atoms with Crippen LogP contribution >= 0.6 is 11.3 Å². The average molecular weight is 631 g/mol. The normalized spacial score (nSPS) is 11.3. The highest BCUT2D eigenvalue weighted by Gasteiger charge is 2.14. The van der Waals surface area contributed by atoms with Crippen LogP contribution in [0, 0.1) is 0 Å². The molecule has 0 unspecified atom stereocenters. The zero-order chi connectivity index (χ0) is 31.9. The Balaban J connectivity index is 1.08. The predicted octanol–water partition coefficient (Wildman–Crippen LogP) is 13.1. The molecule has 0 aliphatic heterocycles. The molecule has 0 bridgehead atoms.